The molecule has 29 heavy (non-hydrogen) atoms. The number of nitrogens with two attached hydrogens (primary N) is 1. The van der Waals surface area contributed by atoms with Crippen molar-refractivity contribution in [3.63, 3.8) is 0 Å². The molecule has 0 aromatic heterocycles. The molecule has 3 rings (SSSR count). The molecule has 7 nitrogen and oxygen atoms in total. The number of halogens is 3. The molecule has 1 saturated carbocycles. The van der Waals surface area contributed by atoms with Gasteiger partial charge in [-0.25, -0.2) is 0 Å². The van der Waals surface area contributed by atoms with Crippen LogP contribution in [0.25, 0.3) is 0 Å². The van der Waals surface area contributed by atoms with Gasteiger partial charge in [-0.05, 0) is 37.6 Å². The third-order valence-electron chi connectivity index (χ3n) is 5.17. The monoisotopic (exact) mass is 414 g/mol. The summed E-state index contributed by atoms with van der Waals surface area (Å²) in [5.41, 5.74) is 4.51. The molecule has 0 radical (unpaired) electrons. The molecule has 0 bridgehead atoms. The van der Waals surface area contributed by atoms with Crippen LogP contribution in [0.2, 0.25) is 0 Å². The second kappa shape index (κ2) is 8.68. The number of carbonyl (C=O) groups excluding carboxylic acids is 2. The average Bonchev–Trinajstić information content (AvgIpc) is 3.51. The van der Waals surface area contributed by atoms with E-state index < -0.39 is 29.6 Å². The number of anilines is 2. The van der Waals surface area contributed by atoms with E-state index in [0.29, 0.717) is 6.54 Å². The molecule has 2 amide bonds. The molecule has 1 aromatic rings. The molecule has 2 fully saturated rings. The number of amides is 2. The van der Waals surface area contributed by atoms with E-state index in [1.165, 1.54) is 17.0 Å². The summed E-state index contributed by atoms with van der Waals surface area (Å²) < 4.78 is 46.0. The molecule has 1 heterocycles. The van der Waals surface area contributed by atoms with E-state index in [2.05, 4.69) is 5.32 Å². The van der Waals surface area contributed by atoms with Gasteiger partial charge in [-0.3, -0.25) is 14.5 Å². The molecule has 10 heteroatoms. The van der Waals surface area contributed by atoms with Gasteiger partial charge in [0.1, 0.15) is 12.6 Å². The highest BCUT2D eigenvalue weighted by Gasteiger charge is 2.38. The second-order valence-electron chi connectivity index (χ2n) is 7.13. The van der Waals surface area contributed by atoms with Crippen molar-refractivity contribution in [3.8, 4) is 0 Å². The highest BCUT2D eigenvalue weighted by molar-refractivity contribution is 5.98. The first-order valence-electron chi connectivity index (χ1n) is 9.62. The van der Waals surface area contributed by atoms with Crippen LogP contribution in [0.3, 0.4) is 0 Å². The zero-order valence-electron chi connectivity index (χ0n) is 16.2. The smallest absolute Gasteiger partial charge is 0.370 e. The zero-order valence-corrected chi connectivity index (χ0v) is 16.2. The predicted octanol–water partition coefficient (Wildman–Crippen LogP) is 1.82. The van der Waals surface area contributed by atoms with Gasteiger partial charge < -0.3 is 20.7 Å². The number of hydrogen-bond acceptors (Lipinski definition) is 5. The van der Waals surface area contributed by atoms with Crippen molar-refractivity contribution in [2.75, 3.05) is 43.1 Å². The molecule has 2 aliphatic rings. The zero-order chi connectivity index (χ0) is 21.2. The molecule has 160 valence electrons. The summed E-state index contributed by atoms with van der Waals surface area (Å²) in [6, 6.07) is 3.00. The molecule has 3 N–H and O–H groups in total. The Balaban J connectivity index is 1.86. The van der Waals surface area contributed by atoms with Gasteiger partial charge in [0.25, 0.3) is 5.91 Å². The lowest BCUT2D eigenvalue weighted by Crippen LogP contribution is -2.49. The lowest BCUT2D eigenvalue weighted by atomic mass is 10.1. The van der Waals surface area contributed by atoms with Crippen LogP contribution in [0.1, 0.15) is 25.3 Å². The van der Waals surface area contributed by atoms with Crippen molar-refractivity contribution in [3.05, 3.63) is 23.8 Å². The number of benzene rings is 1. The SMILES string of the molecule is CCN(C1CC1)[C@@H](CN)C(=O)Nc1ccc(N2CCOCC2=O)cc1C(F)(F)F. The number of nitrogens with zero attached hydrogens (tertiary/aromatic N) is 2. The fourth-order valence-electron chi connectivity index (χ4n) is 3.58. The summed E-state index contributed by atoms with van der Waals surface area (Å²) in [6.07, 6.45) is -2.80. The fourth-order valence-corrected chi connectivity index (χ4v) is 3.58. The molecule has 1 aliphatic heterocycles. The number of alkyl halides is 3. The van der Waals surface area contributed by atoms with E-state index in [-0.39, 0.29) is 43.7 Å². The highest BCUT2D eigenvalue weighted by atomic mass is 19.4. The van der Waals surface area contributed by atoms with Crippen LogP contribution in [0.4, 0.5) is 24.5 Å². The van der Waals surface area contributed by atoms with Gasteiger partial charge in [-0.2, -0.15) is 13.2 Å². The maximum absolute atomic E-state index is 13.7. The first-order valence-corrected chi connectivity index (χ1v) is 9.62. The van der Waals surface area contributed by atoms with Gasteiger partial charge >= 0.3 is 6.18 Å². The normalized spacial score (nSPS) is 18.8. The lowest BCUT2D eigenvalue weighted by Gasteiger charge is -2.30. The van der Waals surface area contributed by atoms with Crippen molar-refractivity contribution in [2.45, 2.75) is 38.0 Å². The largest absolute Gasteiger partial charge is 0.418 e. The average molecular weight is 414 g/mol. The molecular formula is C19H25F3N4O3. The Morgan fingerprint density at radius 1 is 1.41 bits per heavy atom. The molecule has 0 unspecified atom stereocenters. The molecule has 0 spiro atoms. The van der Waals surface area contributed by atoms with Crippen molar-refractivity contribution < 1.29 is 27.5 Å². The molecule has 1 saturated heterocycles. The quantitative estimate of drug-likeness (QED) is 0.711. The summed E-state index contributed by atoms with van der Waals surface area (Å²) >= 11 is 0. The van der Waals surface area contributed by atoms with E-state index in [1.54, 1.807) is 0 Å². The maximum Gasteiger partial charge on any atom is 0.418 e. The van der Waals surface area contributed by atoms with Gasteiger partial charge in [-0.15, -0.1) is 0 Å². The van der Waals surface area contributed by atoms with E-state index in [9.17, 15) is 22.8 Å². The number of likely N-dealkylation sites (N-methyl/N-ethyl adjacent to an activating group) is 1. The Morgan fingerprint density at radius 2 is 2.14 bits per heavy atom. The first-order chi connectivity index (χ1) is 13.8. The number of ether oxygens (including phenoxy) is 1. The van der Waals surface area contributed by atoms with Gasteiger partial charge in [0, 0.05) is 24.8 Å². The van der Waals surface area contributed by atoms with E-state index >= 15 is 0 Å². The van der Waals surface area contributed by atoms with Gasteiger partial charge in [-0.1, -0.05) is 6.92 Å². The van der Waals surface area contributed by atoms with E-state index in [0.717, 1.165) is 18.9 Å². The van der Waals surface area contributed by atoms with Gasteiger partial charge in [0.05, 0.1) is 17.9 Å². The Labute approximate surface area is 167 Å². The predicted molar refractivity (Wildman–Crippen MR) is 101 cm³/mol. The van der Waals surface area contributed by atoms with Crippen LogP contribution in [0.5, 0.6) is 0 Å². The Hall–Kier alpha value is -2.17. The minimum atomic E-state index is -4.70. The van der Waals surface area contributed by atoms with Gasteiger partial charge in [0.15, 0.2) is 0 Å². The number of nitrogens with one attached hydrogen (secondary N) is 1. The molecule has 1 aliphatic carbocycles. The Kier molecular flexibility index (Phi) is 6.45. The highest BCUT2D eigenvalue weighted by Crippen LogP contribution is 2.38. The van der Waals surface area contributed by atoms with Crippen LogP contribution in [-0.4, -0.2) is 61.6 Å². The van der Waals surface area contributed by atoms with E-state index in [1.807, 2.05) is 11.8 Å². The number of rotatable bonds is 7. The summed E-state index contributed by atoms with van der Waals surface area (Å²) in [5.74, 6) is -0.977. The summed E-state index contributed by atoms with van der Waals surface area (Å²) in [6.45, 7) is 2.74. The minimum Gasteiger partial charge on any atom is -0.370 e. The topological polar surface area (TPSA) is 87.9 Å². The summed E-state index contributed by atoms with van der Waals surface area (Å²) in [7, 11) is 0. The van der Waals surface area contributed by atoms with Crippen LogP contribution < -0.4 is 16.0 Å². The Morgan fingerprint density at radius 3 is 2.69 bits per heavy atom. The van der Waals surface area contributed by atoms with Crippen molar-refractivity contribution in [1.82, 2.24) is 4.90 Å². The minimum absolute atomic E-state index is 0.0118. The van der Waals surface area contributed by atoms with Crippen molar-refractivity contribution >= 4 is 23.2 Å². The standard InChI is InChI=1S/C19H25F3N4O3/c1-2-25(12-3-4-12)16(10-23)18(28)24-15-6-5-13(9-14(15)19(20,21)22)26-7-8-29-11-17(26)27/h5-6,9,12,16H,2-4,7-8,10-11,23H2,1H3,(H,24,28)/t16-/m0/s1. The maximum atomic E-state index is 13.7. The third-order valence-corrected chi connectivity index (χ3v) is 5.17. The molecule has 1 aromatic carbocycles. The van der Waals surface area contributed by atoms with Crippen LogP contribution in [-0.2, 0) is 20.5 Å². The second-order valence-corrected chi connectivity index (χ2v) is 7.13. The summed E-state index contributed by atoms with van der Waals surface area (Å²) in [4.78, 5) is 27.8. The number of hydrogen-bond donors (Lipinski definition) is 2. The van der Waals surface area contributed by atoms with Crippen LogP contribution >= 0.6 is 0 Å². The Bertz CT molecular complexity index is 768. The number of carbonyl (C=O) groups is 2. The van der Waals surface area contributed by atoms with Gasteiger partial charge in [0.2, 0.25) is 5.91 Å². The molecular weight excluding hydrogens is 389 g/mol. The van der Waals surface area contributed by atoms with Crippen LogP contribution in [0, 0.1) is 0 Å². The van der Waals surface area contributed by atoms with E-state index in [4.69, 9.17) is 10.5 Å². The number of morpholine rings is 1. The molecule has 1 atom stereocenters. The lowest BCUT2D eigenvalue weighted by molar-refractivity contribution is -0.137. The fraction of sp³-hybridized carbons (Fsp3) is 0.579. The van der Waals surface area contributed by atoms with Crippen molar-refractivity contribution in [1.29, 1.82) is 0 Å². The third kappa shape index (κ3) is 4.88. The van der Waals surface area contributed by atoms with Crippen LogP contribution in [0.15, 0.2) is 18.2 Å². The first kappa shape index (κ1) is 21.5. The summed E-state index contributed by atoms with van der Waals surface area (Å²) in [5, 5.41) is 2.40. The van der Waals surface area contributed by atoms with Crippen molar-refractivity contribution in [2.24, 2.45) is 5.73 Å².